The lowest BCUT2D eigenvalue weighted by atomic mass is 9.95. The summed E-state index contributed by atoms with van der Waals surface area (Å²) in [5.74, 6) is -1.33. The first kappa shape index (κ1) is 54.6. The first-order valence-corrected chi connectivity index (χ1v) is 27.1. The van der Waals surface area contributed by atoms with E-state index < -0.39 is 97.0 Å². The first-order chi connectivity index (χ1) is 34.6. The van der Waals surface area contributed by atoms with Crippen molar-refractivity contribution in [1.82, 2.24) is 5.32 Å². The number of esters is 1. The molecule has 0 saturated carbocycles. The maximum absolute atomic E-state index is 13.3. The van der Waals surface area contributed by atoms with E-state index in [-0.39, 0.29) is 33.0 Å². The lowest BCUT2D eigenvalue weighted by Crippen LogP contribution is -2.71. The molecule has 386 valence electrons. The number of amides is 1. The van der Waals surface area contributed by atoms with Crippen LogP contribution in [0.4, 0.5) is 0 Å². The van der Waals surface area contributed by atoms with E-state index in [1.54, 1.807) is 0 Å². The van der Waals surface area contributed by atoms with Gasteiger partial charge in [0.2, 0.25) is 5.91 Å². The van der Waals surface area contributed by atoms with Crippen LogP contribution in [0.25, 0.3) is 0 Å². The molecule has 18 heteroatoms. The lowest BCUT2D eigenvalue weighted by molar-refractivity contribution is -0.354. The summed E-state index contributed by atoms with van der Waals surface area (Å²) in [6, 6.07) is 46.7. The van der Waals surface area contributed by atoms with Crippen LogP contribution < -0.4 is 15.7 Å². The number of rotatable bonds is 22. The monoisotopic (exact) mass is 1030 g/mol. The number of nitrogens with one attached hydrogen (secondary N) is 1. The molecule has 16 nitrogen and oxygen atoms in total. The summed E-state index contributed by atoms with van der Waals surface area (Å²) in [4.78, 5) is 26.2. The van der Waals surface area contributed by atoms with Crippen molar-refractivity contribution in [2.24, 2.45) is 0 Å². The molecule has 10 atom stereocenters. The second kappa shape index (κ2) is 25.2. The minimum Gasteiger partial charge on any atom is -0.454 e. The number of carbonyl (C=O) groups excluding carboxylic acids is 2. The highest BCUT2D eigenvalue weighted by molar-refractivity contribution is 7.80. The summed E-state index contributed by atoms with van der Waals surface area (Å²) >= 11 is 0. The molecule has 2 aliphatic rings. The lowest BCUT2D eigenvalue weighted by Gasteiger charge is -2.50. The molecule has 0 spiro atoms. The van der Waals surface area contributed by atoms with Gasteiger partial charge in [-0.3, -0.25) is 14.1 Å². The third-order valence-electron chi connectivity index (χ3n) is 12.5. The van der Waals surface area contributed by atoms with Crippen LogP contribution in [0.1, 0.15) is 51.3 Å². The minimum absolute atomic E-state index is 0.0366. The van der Waals surface area contributed by atoms with Crippen molar-refractivity contribution < 1.29 is 69.1 Å². The SMILES string of the molecule is CO[C@H]1O[C@H](CO[Si](c2ccccc2)(c2ccccc2)C(C)(C)C)[C@@H](O[C@@H]2O[C@H](COCc3ccccc3)[C@@H](OCc3ccccc3)[C@H](OCc3ccccc3)[C@H]2OC(C)=O)[C@H](OS(=O)(=O)O)[C@H]1NC(C)=O. The third-order valence-corrected chi connectivity index (χ3v) is 18.0. The molecule has 2 N–H and O–H groups in total. The van der Waals surface area contributed by atoms with Crippen molar-refractivity contribution in [3.05, 3.63) is 168 Å². The molecule has 5 aromatic rings. The Morgan fingerprint density at radius 1 is 0.611 bits per heavy atom. The summed E-state index contributed by atoms with van der Waals surface area (Å²) in [6.45, 7) is 8.70. The predicted octanol–water partition coefficient (Wildman–Crippen LogP) is 6.06. The molecular weight excluding hydrogens is 963 g/mol. The van der Waals surface area contributed by atoms with E-state index in [0.717, 1.165) is 27.1 Å². The fourth-order valence-electron chi connectivity index (χ4n) is 9.40. The average Bonchev–Trinajstić information content (AvgIpc) is 3.36. The molecule has 2 aliphatic heterocycles. The van der Waals surface area contributed by atoms with Gasteiger partial charge >= 0.3 is 16.4 Å². The molecule has 5 aromatic carbocycles. The van der Waals surface area contributed by atoms with Gasteiger partial charge in [-0.15, -0.1) is 0 Å². The zero-order valence-electron chi connectivity index (χ0n) is 41.3. The topological polar surface area (TPSA) is 193 Å². The molecule has 2 heterocycles. The van der Waals surface area contributed by atoms with Crippen LogP contribution in [0, 0.1) is 0 Å². The van der Waals surface area contributed by atoms with E-state index in [0.29, 0.717) is 0 Å². The Labute approximate surface area is 423 Å². The molecule has 7 rings (SSSR count). The average molecular weight is 1030 g/mol. The smallest absolute Gasteiger partial charge is 0.397 e. The Bertz CT molecular complexity index is 2520. The van der Waals surface area contributed by atoms with Crippen molar-refractivity contribution in [3.63, 3.8) is 0 Å². The van der Waals surface area contributed by atoms with Gasteiger partial charge in [0.1, 0.15) is 42.7 Å². The Kier molecular flexibility index (Phi) is 19.1. The Morgan fingerprint density at radius 3 is 1.53 bits per heavy atom. The van der Waals surface area contributed by atoms with Crippen LogP contribution in [0.15, 0.2) is 152 Å². The molecular formula is C54H65NO15SSi. The van der Waals surface area contributed by atoms with Gasteiger partial charge in [0.15, 0.2) is 18.7 Å². The molecule has 2 saturated heterocycles. The van der Waals surface area contributed by atoms with E-state index in [1.165, 1.54) is 21.0 Å². The number of benzene rings is 5. The van der Waals surface area contributed by atoms with E-state index in [4.69, 9.17) is 46.5 Å². The zero-order chi connectivity index (χ0) is 51.3. The number of hydrogen-bond acceptors (Lipinski definition) is 14. The molecule has 0 aliphatic carbocycles. The van der Waals surface area contributed by atoms with Crippen LogP contribution >= 0.6 is 0 Å². The Balaban J connectivity index is 1.35. The Hall–Kier alpha value is -5.19. The van der Waals surface area contributed by atoms with Crippen LogP contribution in [-0.2, 0) is 86.3 Å². The number of carbonyl (C=O) groups is 2. The molecule has 2 fully saturated rings. The van der Waals surface area contributed by atoms with Crippen LogP contribution in [0.5, 0.6) is 0 Å². The summed E-state index contributed by atoms with van der Waals surface area (Å²) in [6.07, 6.45) is -12.2. The van der Waals surface area contributed by atoms with Gasteiger partial charge in [-0.1, -0.05) is 172 Å². The van der Waals surface area contributed by atoms with Gasteiger partial charge in [0, 0.05) is 21.0 Å². The zero-order valence-corrected chi connectivity index (χ0v) is 43.1. The van der Waals surface area contributed by atoms with Crippen molar-refractivity contribution in [2.45, 2.75) is 121 Å². The van der Waals surface area contributed by atoms with Crippen LogP contribution in [0.3, 0.4) is 0 Å². The molecule has 0 aromatic heterocycles. The van der Waals surface area contributed by atoms with Gasteiger partial charge in [-0.2, -0.15) is 8.42 Å². The maximum atomic E-state index is 13.3. The second-order valence-corrected chi connectivity index (χ2v) is 24.1. The molecule has 0 bridgehead atoms. The highest BCUT2D eigenvalue weighted by Crippen LogP contribution is 2.39. The molecule has 72 heavy (non-hydrogen) atoms. The normalized spacial score (nSPS) is 24.8. The third kappa shape index (κ3) is 14.1. The quantitative estimate of drug-likeness (QED) is 0.0462. The van der Waals surface area contributed by atoms with Crippen LogP contribution in [-0.4, -0.2) is 115 Å². The summed E-state index contributed by atoms with van der Waals surface area (Å²) in [7, 11) is -7.35. The maximum Gasteiger partial charge on any atom is 0.397 e. The largest absolute Gasteiger partial charge is 0.454 e. The van der Waals surface area contributed by atoms with Crippen molar-refractivity contribution >= 4 is 41.0 Å². The standard InChI is InChI=1S/C54H65NO15SSi/c1-37(56)55-46-49(70-71(58,59)60)48(45(67-52(46)61-6)36-65-72(54(3,4)5,42-28-18-10-19-29-42)43-30-20-11-21-31-43)69-53-51(66-38(2)57)50(64-34-41-26-16-9-17-27-41)47(63-33-40-24-14-8-15-25-40)44(68-53)35-62-32-39-22-12-7-13-23-39/h7-31,44-53H,32-36H2,1-6H3,(H,55,56)(H,58,59,60)/t44-,45-,46-,47-,48-,49-,50+,51-,52+,53+/m1/s1. The highest BCUT2D eigenvalue weighted by Gasteiger charge is 2.57. The molecule has 1 amide bonds. The van der Waals surface area contributed by atoms with Gasteiger partial charge in [-0.25, -0.2) is 4.18 Å². The van der Waals surface area contributed by atoms with Gasteiger partial charge < -0.3 is 47.6 Å². The summed E-state index contributed by atoms with van der Waals surface area (Å²) in [5, 5.41) is 4.03. The molecule has 0 unspecified atom stereocenters. The van der Waals surface area contributed by atoms with E-state index in [1.807, 2.05) is 152 Å². The van der Waals surface area contributed by atoms with Gasteiger partial charge in [0.25, 0.3) is 8.32 Å². The number of hydrogen-bond donors (Lipinski definition) is 2. The van der Waals surface area contributed by atoms with Crippen LogP contribution in [0.2, 0.25) is 5.04 Å². The van der Waals surface area contributed by atoms with E-state index >= 15 is 0 Å². The van der Waals surface area contributed by atoms with E-state index in [2.05, 4.69) is 26.1 Å². The van der Waals surface area contributed by atoms with E-state index in [9.17, 15) is 22.6 Å². The fraction of sp³-hybridized carbons (Fsp3) is 0.407. The summed E-state index contributed by atoms with van der Waals surface area (Å²) < 4.78 is 102. The predicted molar refractivity (Wildman–Crippen MR) is 268 cm³/mol. The second-order valence-electron chi connectivity index (χ2n) is 18.7. The first-order valence-electron chi connectivity index (χ1n) is 23.8. The summed E-state index contributed by atoms with van der Waals surface area (Å²) in [5.41, 5.74) is 2.53. The van der Waals surface area contributed by atoms with Crippen molar-refractivity contribution in [2.75, 3.05) is 20.3 Å². The highest BCUT2D eigenvalue weighted by atomic mass is 32.3. The van der Waals surface area contributed by atoms with Crippen molar-refractivity contribution in [3.8, 4) is 0 Å². The molecule has 0 radical (unpaired) electrons. The number of methoxy groups -OCH3 is 1. The fourth-order valence-corrected chi connectivity index (χ4v) is 14.5. The van der Waals surface area contributed by atoms with Gasteiger partial charge in [-0.05, 0) is 32.1 Å². The minimum atomic E-state index is -5.31. The Morgan fingerprint density at radius 2 is 1.07 bits per heavy atom. The van der Waals surface area contributed by atoms with Gasteiger partial charge in [0.05, 0.1) is 33.0 Å². The van der Waals surface area contributed by atoms with Crippen molar-refractivity contribution in [1.29, 1.82) is 0 Å². The number of ether oxygens (including phenoxy) is 8.